The Morgan fingerprint density at radius 3 is 2.73 bits per heavy atom. The van der Waals surface area contributed by atoms with Gasteiger partial charge in [-0.05, 0) is 38.5 Å². The number of imide groups is 1. The first-order chi connectivity index (χ1) is 14.3. The molecule has 158 valence electrons. The van der Waals surface area contributed by atoms with Crippen LogP contribution in [0.3, 0.4) is 0 Å². The predicted octanol–water partition coefficient (Wildman–Crippen LogP) is 3.50. The summed E-state index contributed by atoms with van der Waals surface area (Å²) in [6.07, 6.45) is -1.12. The highest BCUT2D eigenvalue weighted by atomic mass is 35.5. The van der Waals surface area contributed by atoms with Crippen molar-refractivity contribution in [3.63, 3.8) is 0 Å². The van der Waals surface area contributed by atoms with Crippen LogP contribution < -0.4 is 10.6 Å². The van der Waals surface area contributed by atoms with Gasteiger partial charge in [0.1, 0.15) is 9.71 Å². The van der Waals surface area contributed by atoms with E-state index >= 15 is 0 Å². The molecule has 0 radical (unpaired) electrons. The predicted molar refractivity (Wildman–Crippen MR) is 115 cm³/mol. The average Bonchev–Trinajstić information content (AvgIpc) is 3.25. The van der Waals surface area contributed by atoms with E-state index in [1.165, 1.54) is 18.3 Å². The first kappa shape index (κ1) is 21.8. The summed E-state index contributed by atoms with van der Waals surface area (Å²) in [5, 5.41) is 10.6. The van der Waals surface area contributed by atoms with Crippen molar-refractivity contribution in [2.45, 2.75) is 33.4 Å². The van der Waals surface area contributed by atoms with Gasteiger partial charge in [0.15, 0.2) is 6.10 Å². The fourth-order valence-corrected chi connectivity index (χ4v) is 4.04. The van der Waals surface area contributed by atoms with Gasteiger partial charge in [-0.25, -0.2) is 9.59 Å². The number of benzene rings is 1. The number of hydrogen-bond acceptors (Lipinski definition) is 6. The van der Waals surface area contributed by atoms with Crippen molar-refractivity contribution in [2.75, 3.05) is 6.54 Å². The lowest BCUT2D eigenvalue weighted by Gasteiger charge is -2.12. The largest absolute Gasteiger partial charge is 0.448 e. The Morgan fingerprint density at radius 2 is 2.03 bits per heavy atom. The zero-order chi connectivity index (χ0) is 21.8. The summed E-state index contributed by atoms with van der Waals surface area (Å²) < 4.78 is 7.01. The van der Waals surface area contributed by atoms with Crippen molar-refractivity contribution in [2.24, 2.45) is 0 Å². The topological polar surface area (TPSA) is 102 Å². The number of aromatic nitrogens is 2. The van der Waals surface area contributed by atoms with Gasteiger partial charge in [-0.3, -0.25) is 14.8 Å². The second-order valence-corrected chi connectivity index (χ2v) is 8.00. The zero-order valence-corrected chi connectivity index (χ0v) is 18.3. The molecule has 2 aromatic heterocycles. The molecule has 0 bridgehead atoms. The van der Waals surface area contributed by atoms with Crippen LogP contribution in [0.1, 0.15) is 34.8 Å². The van der Waals surface area contributed by atoms with Gasteiger partial charge in [-0.2, -0.15) is 5.10 Å². The van der Waals surface area contributed by atoms with Crippen LogP contribution in [0.2, 0.25) is 5.02 Å². The highest BCUT2D eigenvalue weighted by Crippen LogP contribution is 2.30. The SMILES string of the molecule is CCNC(=O)NC(=O)[C@H](C)OC(=O)c1cc2c(C)nn(Cc3ccccc3Cl)c2s1. The van der Waals surface area contributed by atoms with Crippen molar-refractivity contribution < 1.29 is 19.1 Å². The molecule has 30 heavy (non-hydrogen) atoms. The number of fused-ring (bicyclic) bond motifs is 1. The smallest absolute Gasteiger partial charge is 0.349 e. The number of ether oxygens (including phenoxy) is 1. The molecule has 0 spiro atoms. The van der Waals surface area contributed by atoms with Crippen molar-refractivity contribution in [3.8, 4) is 0 Å². The molecule has 0 unspecified atom stereocenters. The highest BCUT2D eigenvalue weighted by Gasteiger charge is 2.23. The third-order valence-electron chi connectivity index (χ3n) is 4.31. The fourth-order valence-electron chi connectivity index (χ4n) is 2.80. The number of nitrogens with zero attached hydrogens (tertiary/aromatic N) is 2. The van der Waals surface area contributed by atoms with E-state index in [-0.39, 0.29) is 0 Å². The molecule has 0 saturated carbocycles. The molecule has 1 aromatic carbocycles. The lowest BCUT2D eigenvalue weighted by atomic mass is 10.2. The van der Waals surface area contributed by atoms with E-state index in [0.717, 1.165) is 21.5 Å². The van der Waals surface area contributed by atoms with Gasteiger partial charge in [0, 0.05) is 17.0 Å². The van der Waals surface area contributed by atoms with E-state index in [9.17, 15) is 14.4 Å². The number of carbonyl (C=O) groups is 3. The van der Waals surface area contributed by atoms with Crippen LogP contribution >= 0.6 is 22.9 Å². The van der Waals surface area contributed by atoms with Crippen LogP contribution in [0.5, 0.6) is 0 Å². The van der Waals surface area contributed by atoms with Gasteiger partial charge >= 0.3 is 12.0 Å². The van der Waals surface area contributed by atoms with Crippen molar-refractivity contribution >= 4 is 51.1 Å². The monoisotopic (exact) mass is 448 g/mol. The molecule has 2 N–H and O–H groups in total. The number of halogens is 1. The van der Waals surface area contributed by atoms with Gasteiger partial charge < -0.3 is 10.1 Å². The molecule has 0 saturated heterocycles. The number of amides is 3. The number of rotatable bonds is 6. The molecule has 0 fully saturated rings. The molecule has 2 heterocycles. The Kier molecular flexibility index (Phi) is 6.73. The minimum absolute atomic E-state index is 0.344. The van der Waals surface area contributed by atoms with Crippen LogP contribution in [-0.4, -0.2) is 40.3 Å². The van der Waals surface area contributed by atoms with Gasteiger partial charge in [0.25, 0.3) is 5.91 Å². The summed E-state index contributed by atoms with van der Waals surface area (Å²) in [5.41, 5.74) is 1.69. The van der Waals surface area contributed by atoms with Crippen molar-refractivity contribution in [3.05, 3.63) is 51.5 Å². The summed E-state index contributed by atoms with van der Waals surface area (Å²) in [7, 11) is 0. The molecule has 3 rings (SSSR count). The summed E-state index contributed by atoms with van der Waals surface area (Å²) in [5.74, 6) is -1.34. The Bertz CT molecular complexity index is 1110. The van der Waals surface area contributed by atoms with Gasteiger partial charge in [0.05, 0.1) is 12.2 Å². The number of urea groups is 1. The van der Waals surface area contributed by atoms with E-state index in [0.29, 0.717) is 23.0 Å². The van der Waals surface area contributed by atoms with E-state index in [1.54, 1.807) is 17.7 Å². The van der Waals surface area contributed by atoms with Gasteiger partial charge in [-0.15, -0.1) is 11.3 Å². The standard InChI is InChI=1S/C20H21ClN4O4S/c1-4-22-20(28)23-17(26)12(3)29-19(27)16-9-14-11(2)24-25(18(14)30-16)10-13-7-5-6-8-15(13)21/h5-9,12H,4,10H2,1-3H3,(H2,22,23,26,28)/t12-/m0/s1. The van der Waals surface area contributed by atoms with E-state index in [4.69, 9.17) is 16.3 Å². The van der Waals surface area contributed by atoms with Crippen molar-refractivity contribution in [1.82, 2.24) is 20.4 Å². The minimum atomic E-state index is -1.12. The van der Waals surface area contributed by atoms with Crippen LogP contribution in [0.25, 0.3) is 10.2 Å². The Labute approximate surface area is 182 Å². The minimum Gasteiger partial charge on any atom is -0.448 e. The van der Waals surface area contributed by atoms with E-state index in [1.807, 2.05) is 31.2 Å². The molecule has 3 amide bonds. The molecule has 3 aromatic rings. The third-order valence-corrected chi connectivity index (χ3v) is 5.81. The lowest BCUT2D eigenvalue weighted by Crippen LogP contribution is -2.44. The van der Waals surface area contributed by atoms with Crippen LogP contribution in [0.15, 0.2) is 30.3 Å². The maximum Gasteiger partial charge on any atom is 0.349 e. The third kappa shape index (κ3) is 4.80. The zero-order valence-electron chi connectivity index (χ0n) is 16.7. The number of nitrogens with one attached hydrogen (secondary N) is 2. The number of esters is 1. The number of thiophene rings is 1. The molecule has 0 aliphatic heterocycles. The number of carbonyl (C=O) groups excluding carboxylic acids is 3. The van der Waals surface area contributed by atoms with E-state index in [2.05, 4.69) is 15.7 Å². The summed E-state index contributed by atoms with van der Waals surface area (Å²) in [6.45, 7) is 5.83. The second-order valence-electron chi connectivity index (χ2n) is 6.56. The fraction of sp³-hybridized carbons (Fsp3) is 0.300. The highest BCUT2D eigenvalue weighted by molar-refractivity contribution is 7.20. The summed E-state index contributed by atoms with van der Waals surface area (Å²) in [4.78, 5) is 37.1. The van der Waals surface area contributed by atoms with Crippen molar-refractivity contribution in [1.29, 1.82) is 0 Å². The Balaban J connectivity index is 1.75. The normalized spacial score (nSPS) is 11.9. The average molecular weight is 449 g/mol. The summed E-state index contributed by atoms with van der Waals surface area (Å²) in [6, 6.07) is 8.56. The lowest BCUT2D eigenvalue weighted by molar-refractivity contribution is -0.127. The van der Waals surface area contributed by atoms with Crippen LogP contribution in [0, 0.1) is 6.92 Å². The summed E-state index contributed by atoms with van der Waals surface area (Å²) >= 11 is 7.48. The Hall–Kier alpha value is -2.91. The quantitative estimate of drug-likeness (QED) is 0.562. The molecule has 1 atom stereocenters. The molecule has 0 aliphatic carbocycles. The van der Waals surface area contributed by atoms with E-state index < -0.39 is 24.0 Å². The number of hydrogen-bond donors (Lipinski definition) is 2. The molecule has 10 heteroatoms. The van der Waals surface area contributed by atoms with Crippen LogP contribution in [-0.2, 0) is 16.1 Å². The maximum absolute atomic E-state index is 12.5. The maximum atomic E-state index is 12.5. The molecular formula is C20H21ClN4O4S. The first-order valence-corrected chi connectivity index (χ1v) is 10.5. The van der Waals surface area contributed by atoms with Gasteiger partial charge in [0.2, 0.25) is 0 Å². The molecule has 8 nitrogen and oxygen atoms in total. The number of aryl methyl sites for hydroxylation is 1. The van der Waals surface area contributed by atoms with Crippen LogP contribution in [0.4, 0.5) is 4.79 Å². The molecular weight excluding hydrogens is 428 g/mol. The van der Waals surface area contributed by atoms with Gasteiger partial charge in [-0.1, -0.05) is 29.8 Å². The molecule has 0 aliphatic rings. The first-order valence-electron chi connectivity index (χ1n) is 9.30. The Morgan fingerprint density at radius 1 is 1.30 bits per heavy atom. The second kappa shape index (κ2) is 9.27.